The molecule has 0 spiro atoms. The van der Waals surface area contributed by atoms with Crippen LogP contribution in [0.25, 0.3) is 21.5 Å². The highest BCUT2D eigenvalue weighted by atomic mass is 14.9. The Bertz CT molecular complexity index is 1090. The van der Waals surface area contributed by atoms with E-state index in [9.17, 15) is 0 Å². The molecule has 1 aliphatic heterocycles. The number of aliphatic imine (C=N–C) groups is 1. The van der Waals surface area contributed by atoms with Gasteiger partial charge in [-0.15, -0.1) is 0 Å². The Balaban J connectivity index is 1.66. The summed E-state index contributed by atoms with van der Waals surface area (Å²) in [5, 5.41) is 8.94. The Labute approximate surface area is 153 Å². The van der Waals surface area contributed by atoms with E-state index in [1.807, 2.05) is 6.21 Å². The smallest absolute Gasteiger partial charge is 0.0574 e. The molecular weight excluding hydrogens is 316 g/mol. The summed E-state index contributed by atoms with van der Waals surface area (Å²) in [6, 6.07) is 15.8. The minimum atomic E-state index is 0.743. The van der Waals surface area contributed by atoms with Crippen LogP contribution in [0.5, 0.6) is 0 Å². The van der Waals surface area contributed by atoms with Crippen molar-refractivity contribution in [2.24, 2.45) is 4.99 Å². The molecule has 0 fully saturated rings. The van der Waals surface area contributed by atoms with Crippen molar-refractivity contribution in [1.82, 2.24) is 0 Å². The van der Waals surface area contributed by atoms with E-state index in [0.29, 0.717) is 0 Å². The van der Waals surface area contributed by atoms with Crippen molar-refractivity contribution in [2.45, 2.75) is 25.7 Å². The number of allylic oxidation sites excluding steroid dienone is 3. The number of aryl methyl sites for hydroxylation is 2. The van der Waals surface area contributed by atoms with E-state index < -0.39 is 0 Å². The molecule has 0 unspecified atom stereocenters. The molecule has 128 valence electrons. The van der Waals surface area contributed by atoms with Crippen LogP contribution in [0.3, 0.4) is 0 Å². The van der Waals surface area contributed by atoms with Crippen LogP contribution < -0.4 is 5.32 Å². The summed E-state index contributed by atoms with van der Waals surface area (Å²) in [6.07, 6.45) is 13.2. The Morgan fingerprint density at radius 3 is 2.65 bits per heavy atom. The molecule has 0 amide bonds. The fourth-order valence-electron chi connectivity index (χ4n) is 4.25. The summed E-state index contributed by atoms with van der Waals surface area (Å²) in [5.41, 5.74) is 5.27. The molecular formula is C24H22N2. The summed E-state index contributed by atoms with van der Waals surface area (Å²) < 4.78 is 0. The van der Waals surface area contributed by atoms with Gasteiger partial charge in [0, 0.05) is 17.3 Å². The summed E-state index contributed by atoms with van der Waals surface area (Å²) in [7, 11) is 0. The number of hydrogen-bond acceptors (Lipinski definition) is 2. The SMILES string of the molecule is C1=CCN=CC(Nc2cccc3c2ccc2c4c(ccc23)CCCC4)=C1. The molecule has 0 saturated carbocycles. The van der Waals surface area contributed by atoms with Gasteiger partial charge in [-0.1, -0.05) is 48.6 Å². The van der Waals surface area contributed by atoms with Gasteiger partial charge in [0.05, 0.1) is 12.2 Å². The van der Waals surface area contributed by atoms with Gasteiger partial charge in [0.15, 0.2) is 0 Å². The molecule has 3 aromatic rings. The first-order valence-electron chi connectivity index (χ1n) is 9.50. The predicted molar refractivity (Wildman–Crippen MR) is 112 cm³/mol. The number of nitrogens with zero attached hydrogens (tertiary/aromatic N) is 1. The molecule has 2 heteroatoms. The van der Waals surface area contributed by atoms with Gasteiger partial charge in [-0.2, -0.15) is 0 Å². The molecule has 0 atom stereocenters. The highest BCUT2D eigenvalue weighted by molar-refractivity contribution is 6.13. The molecule has 0 bridgehead atoms. The minimum absolute atomic E-state index is 0.743. The van der Waals surface area contributed by atoms with Crippen molar-refractivity contribution in [1.29, 1.82) is 0 Å². The van der Waals surface area contributed by atoms with Crippen LogP contribution in [0, 0.1) is 0 Å². The van der Waals surface area contributed by atoms with Crippen LogP contribution >= 0.6 is 0 Å². The molecule has 0 saturated heterocycles. The highest BCUT2D eigenvalue weighted by Gasteiger charge is 2.14. The van der Waals surface area contributed by atoms with Crippen molar-refractivity contribution in [2.75, 3.05) is 11.9 Å². The van der Waals surface area contributed by atoms with Gasteiger partial charge >= 0.3 is 0 Å². The van der Waals surface area contributed by atoms with Crippen LogP contribution in [0.15, 0.2) is 71.4 Å². The van der Waals surface area contributed by atoms with Crippen LogP contribution in [-0.2, 0) is 12.8 Å². The lowest BCUT2D eigenvalue weighted by atomic mass is 9.86. The maximum atomic E-state index is 4.38. The van der Waals surface area contributed by atoms with Gasteiger partial charge in [-0.25, -0.2) is 0 Å². The fourth-order valence-corrected chi connectivity index (χ4v) is 4.25. The lowest BCUT2D eigenvalue weighted by Crippen LogP contribution is -2.03. The Kier molecular flexibility index (Phi) is 3.82. The third-order valence-corrected chi connectivity index (χ3v) is 5.52. The Morgan fingerprint density at radius 2 is 1.65 bits per heavy atom. The van der Waals surface area contributed by atoms with E-state index in [1.165, 1.54) is 47.2 Å². The molecule has 1 heterocycles. The van der Waals surface area contributed by atoms with Crippen LogP contribution in [0.2, 0.25) is 0 Å². The zero-order chi connectivity index (χ0) is 17.3. The van der Waals surface area contributed by atoms with Crippen LogP contribution in [0.4, 0.5) is 5.69 Å². The van der Waals surface area contributed by atoms with E-state index in [0.717, 1.165) is 17.9 Å². The van der Waals surface area contributed by atoms with Gasteiger partial charge in [-0.3, -0.25) is 4.99 Å². The number of benzene rings is 3. The van der Waals surface area contributed by atoms with Gasteiger partial charge in [-0.05, 0) is 65.1 Å². The number of hydrogen-bond donors (Lipinski definition) is 1. The largest absolute Gasteiger partial charge is 0.354 e. The van der Waals surface area contributed by atoms with Crippen molar-refractivity contribution >= 4 is 33.4 Å². The summed E-state index contributed by atoms with van der Waals surface area (Å²) in [5.74, 6) is 0. The first-order chi connectivity index (χ1) is 12.9. The van der Waals surface area contributed by atoms with Crippen LogP contribution in [-0.4, -0.2) is 12.8 Å². The number of nitrogens with one attached hydrogen (secondary N) is 1. The van der Waals surface area contributed by atoms with E-state index in [4.69, 9.17) is 0 Å². The maximum Gasteiger partial charge on any atom is 0.0574 e. The topological polar surface area (TPSA) is 24.4 Å². The second-order valence-electron chi connectivity index (χ2n) is 7.14. The number of anilines is 1. The van der Waals surface area contributed by atoms with Gasteiger partial charge in [0.2, 0.25) is 0 Å². The number of fused-ring (bicyclic) bond motifs is 5. The highest BCUT2D eigenvalue weighted by Crippen LogP contribution is 2.35. The van der Waals surface area contributed by atoms with Crippen LogP contribution in [0.1, 0.15) is 24.0 Å². The third-order valence-electron chi connectivity index (χ3n) is 5.52. The molecule has 2 nitrogen and oxygen atoms in total. The standard InChI is InChI=1S/C24H22N2/c1-2-8-19-17(6-1)11-12-22-20-9-5-10-24(23(20)14-13-21(19)22)26-18-7-3-4-15-25-16-18/h3-5,7,9-14,16,26H,1-2,6,8,15H2. The molecule has 2 aliphatic rings. The van der Waals surface area contributed by atoms with Crippen molar-refractivity contribution in [3.8, 4) is 0 Å². The number of rotatable bonds is 2. The summed E-state index contributed by atoms with van der Waals surface area (Å²) in [6.45, 7) is 0.743. The second kappa shape index (κ2) is 6.45. The quantitative estimate of drug-likeness (QED) is 0.586. The molecule has 0 radical (unpaired) electrons. The minimum Gasteiger partial charge on any atom is -0.354 e. The molecule has 26 heavy (non-hydrogen) atoms. The first-order valence-corrected chi connectivity index (χ1v) is 9.50. The van der Waals surface area contributed by atoms with E-state index in [-0.39, 0.29) is 0 Å². The fraction of sp³-hybridized carbons (Fsp3) is 0.208. The second-order valence-corrected chi connectivity index (χ2v) is 7.14. The van der Waals surface area contributed by atoms with E-state index >= 15 is 0 Å². The normalized spacial score (nSPS) is 16.4. The maximum absolute atomic E-state index is 4.38. The molecule has 1 N–H and O–H groups in total. The lowest BCUT2D eigenvalue weighted by Gasteiger charge is -2.19. The molecule has 0 aromatic heterocycles. The lowest BCUT2D eigenvalue weighted by molar-refractivity contribution is 0.690. The molecule has 1 aliphatic carbocycles. The van der Waals surface area contributed by atoms with Crippen molar-refractivity contribution in [3.05, 3.63) is 77.5 Å². The van der Waals surface area contributed by atoms with E-state index in [2.05, 4.69) is 71.0 Å². The van der Waals surface area contributed by atoms with E-state index in [1.54, 1.807) is 11.1 Å². The average Bonchev–Trinajstić information content (AvgIpc) is 2.96. The van der Waals surface area contributed by atoms with Crippen molar-refractivity contribution < 1.29 is 0 Å². The summed E-state index contributed by atoms with van der Waals surface area (Å²) >= 11 is 0. The monoisotopic (exact) mass is 338 g/mol. The summed E-state index contributed by atoms with van der Waals surface area (Å²) in [4.78, 5) is 4.38. The van der Waals surface area contributed by atoms with Gasteiger partial charge < -0.3 is 5.32 Å². The first kappa shape index (κ1) is 15.4. The Hall–Kier alpha value is -2.87. The van der Waals surface area contributed by atoms with Crippen molar-refractivity contribution in [3.63, 3.8) is 0 Å². The molecule has 5 rings (SSSR count). The zero-order valence-corrected chi connectivity index (χ0v) is 14.8. The average molecular weight is 338 g/mol. The zero-order valence-electron chi connectivity index (χ0n) is 14.8. The third kappa shape index (κ3) is 2.62. The Morgan fingerprint density at radius 1 is 0.808 bits per heavy atom. The van der Waals surface area contributed by atoms with Gasteiger partial charge in [0.25, 0.3) is 0 Å². The molecule has 3 aromatic carbocycles. The predicted octanol–water partition coefficient (Wildman–Crippen LogP) is 5.81. The van der Waals surface area contributed by atoms with Gasteiger partial charge in [0.1, 0.15) is 0 Å².